The lowest BCUT2D eigenvalue weighted by Crippen LogP contribution is -2.12. The van der Waals surface area contributed by atoms with Gasteiger partial charge in [-0.2, -0.15) is 5.26 Å². The molecule has 0 bridgehead atoms. The zero-order valence-corrected chi connectivity index (χ0v) is 19.5. The summed E-state index contributed by atoms with van der Waals surface area (Å²) in [5.41, 5.74) is 6.02. The van der Waals surface area contributed by atoms with Crippen molar-refractivity contribution in [3.8, 4) is 6.07 Å². The number of aliphatic imine (C=N–C) groups is 1. The molecule has 4 heteroatoms. The number of nitrogens with one attached hydrogen (secondary N) is 2. The van der Waals surface area contributed by atoms with Crippen LogP contribution in [0, 0.1) is 11.3 Å². The van der Waals surface area contributed by atoms with Crippen molar-refractivity contribution in [1.82, 2.24) is 5.32 Å². The third-order valence-electron chi connectivity index (χ3n) is 4.08. The average Bonchev–Trinajstić information content (AvgIpc) is 2.77. The van der Waals surface area contributed by atoms with E-state index in [1.807, 2.05) is 45.9 Å². The second-order valence-corrected chi connectivity index (χ2v) is 6.26. The van der Waals surface area contributed by atoms with Crippen molar-refractivity contribution in [2.45, 2.75) is 54.9 Å². The van der Waals surface area contributed by atoms with Crippen LogP contribution in [-0.2, 0) is 0 Å². The number of benzene rings is 1. The maximum Gasteiger partial charge on any atom is 0.122 e. The van der Waals surface area contributed by atoms with Gasteiger partial charge in [0, 0.05) is 23.3 Å². The van der Waals surface area contributed by atoms with Gasteiger partial charge in [0.2, 0.25) is 0 Å². The lowest BCUT2D eigenvalue weighted by Gasteiger charge is -2.12. The van der Waals surface area contributed by atoms with Gasteiger partial charge in [-0.3, -0.25) is 0 Å². The monoisotopic (exact) mass is 404 g/mol. The third-order valence-corrected chi connectivity index (χ3v) is 4.08. The minimum Gasteiger partial charge on any atom is -0.359 e. The molecule has 2 N–H and O–H groups in total. The van der Waals surface area contributed by atoms with Crippen molar-refractivity contribution in [1.29, 1.82) is 5.26 Å². The highest BCUT2D eigenvalue weighted by Gasteiger charge is 2.00. The number of nitrogens with zero attached hydrogens (tertiary/aromatic N) is 2. The van der Waals surface area contributed by atoms with Gasteiger partial charge >= 0.3 is 0 Å². The molecule has 0 fully saturated rings. The van der Waals surface area contributed by atoms with Gasteiger partial charge in [0.1, 0.15) is 5.82 Å². The lowest BCUT2D eigenvalue weighted by molar-refractivity contribution is 0.970. The predicted octanol–water partition coefficient (Wildman–Crippen LogP) is 7.24. The molecule has 30 heavy (non-hydrogen) atoms. The zero-order valence-electron chi connectivity index (χ0n) is 19.5. The van der Waals surface area contributed by atoms with Crippen LogP contribution in [0.4, 0.5) is 5.69 Å². The van der Waals surface area contributed by atoms with E-state index in [9.17, 15) is 0 Å². The van der Waals surface area contributed by atoms with Crippen LogP contribution in [0.5, 0.6) is 0 Å². The summed E-state index contributed by atoms with van der Waals surface area (Å²) in [6.45, 7) is 18.2. The second-order valence-electron chi connectivity index (χ2n) is 6.26. The summed E-state index contributed by atoms with van der Waals surface area (Å²) in [4.78, 5) is 4.30. The summed E-state index contributed by atoms with van der Waals surface area (Å²) in [7, 11) is 0. The highest BCUT2D eigenvalue weighted by molar-refractivity contribution is 5.73. The third kappa shape index (κ3) is 10.3. The van der Waals surface area contributed by atoms with E-state index in [2.05, 4.69) is 67.3 Å². The van der Waals surface area contributed by atoms with E-state index >= 15 is 0 Å². The lowest BCUT2D eigenvalue weighted by atomic mass is 10.1. The summed E-state index contributed by atoms with van der Waals surface area (Å²) in [5.74, 6) is 0.525. The van der Waals surface area contributed by atoms with Crippen molar-refractivity contribution in [3.05, 3.63) is 89.1 Å². The molecule has 0 heterocycles. The number of rotatable bonds is 9. The van der Waals surface area contributed by atoms with Gasteiger partial charge in [-0.15, -0.1) is 0 Å². The van der Waals surface area contributed by atoms with Crippen LogP contribution in [0.1, 0.15) is 60.5 Å². The van der Waals surface area contributed by atoms with E-state index in [0.29, 0.717) is 11.4 Å². The van der Waals surface area contributed by atoms with E-state index in [-0.39, 0.29) is 0 Å². The van der Waals surface area contributed by atoms with Gasteiger partial charge in [0.15, 0.2) is 0 Å². The van der Waals surface area contributed by atoms with Crippen molar-refractivity contribution in [3.63, 3.8) is 0 Å². The fourth-order valence-electron chi connectivity index (χ4n) is 2.46. The summed E-state index contributed by atoms with van der Waals surface area (Å²) in [5, 5.41) is 15.3. The Kier molecular flexibility index (Phi) is 13.9. The molecular weight excluding hydrogens is 368 g/mol. The molecule has 0 aliphatic carbocycles. The Balaban J connectivity index is 0.00000407. The van der Waals surface area contributed by atoms with Gasteiger partial charge in [-0.25, -0.2) is 4.99 Å². The van der Waals surface area contributed by atoms with E-state index in [4.69, 9.17) is 5.26 Å². The fourth-order valence-corrected chi connectivity index (χ4v) is 2.46. The summed E-state index contributed by atoms with van der Waals surface area (Å²) in [6, 6.07) is 9.24. The van der Waals surface area contributed by atoms with Gasteiger partial charge < -0.3 is 10.6 Å². The maximum atomic E-state index is 8.83. The Hall–Kier alpha value is -3.32. The van der Waals surface area contributed by atoms with Gasteiger partial charge in [0.25, 0.3) is 0 Å². The molecule has 0 aromatic heterocycles. The van der Waals surface area contributed by atoms with Gasteiger partial charge in [-0.05, 0) is 70.0 Å². The van der Waals surface area contributed by atoms with Crippen LogP contribution in [0.25, 0.3) is 0 Å². The topological polar surface area (TPSA) is 60.2 Å². The first-order valence-electron chi connectivity index (χ1n) is 10.4. The molecule has 160 valence electrons. The highest BCUT2D eigenvalue weighted by Crippen LogP contribution is 2.14. The number of allylic oxidation sites excluding steroid dienone is 7. The van der Waals surface area contributed by atoms with E-state index in [1.165, 1.54) is 11.1 Å². The molecule has 0 radical (unpaired) electrons. The maximum absolute atomic E-state index is 8.83. The molecule has 0 aliphatic heterocycles. The van der Waals surface area contributed by atoms with E-state index in [0.717, 1.165) is 23.5 Å². The average molecular weight is 405 g/mol. The van der Waals surface area contributed by atoms with Crippen LogP contribution < -0.4 is 10.6 Å². The van der Waals surface area contributed by atoms with Gasteiger partial charge in [0.05, 0.1) is 11.6 Å². The smallest absolute Gasteiger partial charge is 0.122 e. The molecular formula is C26H36N4. The predicted molar refractivity (Wildman–Crippen MR) is 132 cm³/mol. The summed E-state index contributed by atoms with van der Waals surface area (Å²) >= 11 is 0. The molecule has 1 aromatic rings. The van der Waals surface area contributed by atoms with Crippen molar-refractivity contribution in [2.24, 2.45) is 4.99 Å². The molecule has 0 unspecified atom stereocenters. The standard InChI is InChI=1S/C24H30N4.C2H6/c1-7-21(8-2)16-18(4)24(9-3)27-19(5)14-15-26-20(6)28-23-12-10-22(17-25)11-13-23;1-2/h7,9-16,27-28H,6,8H2,1-5H3;1-2H3/b18-16-,19-14+,21-7-,24-9-,26-15-;. The Labute approximate surface area is 183 Å². The normalized spacial score (nSPS) is 12.7. The Bertz CT molecular complexity index is 857. The Morgan fingerprint density at radius 2 is 1.77 bits per heavy atom. The molecule has 0 atom stereocenters. The molecule has 1 aromatic carbocycles. The minimum absolute atomic E-state index is 0.525. The molecule has 0 aliphatic rings. The quantitative estimate of drug-likeness (QED) is 0.337. The largest absolute Gasteiger partial charge is 0.359 e. The van der Waals surface area contributed by atoms with Crippen LogP contribution in [0.15, 0.2) is 88.5 Å². The highest BCUT2D eigenvalue weighted by atomic mass is 15.0. The van der Waals surface area contributed by atoms with Crippen LogP contribution in [-0.4, -0.2) is 6.21 Å². The molecule has 4 nitrogen and oxygen atoms in total. The number of hydrogen-bond donors (Lipinski definition) is 2. The van der Waals surface area contributed by atoms with Crippen molar-refractivity contribution >= 4 is 11.9 Å². The van der Waals surface area contributed by atoms with Crippen molar-refractivity contribution < 1.29 is 0 Å². The number of hydrogen-bond acceptors (Lipinski definition) is 4. The first-order chi connectivity index (χ1) is 14.4. The molecule has 0 saturated carbocycles. The molecule has 0 spiro atoms. The molecule has 0 amide bonds. The summed E-state index contributed by atoms with van der Waals surface area (Å²) in [6.07, 6.45) is 11.0. The minimum atomic E-state index is 0.525. The SMILES string of the molecule is C=C(/N=C\C=C(/C)NC(=C\C)/C(C)=C\C(=C/C)CC)Nc1ccc(C#N)cc1.CC. The van der Waals surface area contributed by atoms with Crippen LogP contribution in [0.3, 0.4) is 0 Å². The molecule has 0 saturated heterocycles. The van der Waals surface area contributed by atoms with E-state index in [1.54, 1.807) is 18.3 Å². The number of nitriles is 1. The number of anilines is 1. The van der Waals surface area contributed by atoms with Crippen molar-refractivity contribution in [2.75, 3.05) is 5.32 Å². The van der Waals surface area contributed by atoms with E-state index < -0.39 is 0 Å². The Morgan fingerprint density at radius 3 is 2.27 bits per heavy atom. The first-order valence-corrected chi connectivity index (χ1v) is 10.4. The van der Waals surface area contributed by atoms with Crippen LogP contribution in [0.2, 0.25) is 0 Å². The first kappa shape index (κ1) is 26.7. The Morgan fingerprint density at radius 1 is 1.13 bits per heavy atom. The molecule has 1 rings (SSSR count). The van der Waals surface area contributed by atoms with Crippen LogP contribution >= 0.6 is 0 Å². The zero-order chi connectivity index (χ0) is 22.9. The van der Waals surface area contributed by atoms with Gasteiger partial charge in [-0.1, -0.05) is 51.2 Å². The summed E-state index contributed by atoms with van der Waals surface area (Å²) < 4.78 is 0. The fraction of sp³-hybridized carbons (Fsp3) is 0.308. The second kappa shape index (κ2) is 15.6.